The van der Waals surface area contributed by atoms with Crippen molar-refractivity contribution in [2.45, 2.75) is 12.8 Å². The van der Waals surface area contributed by atoms with Crippen LogP contribution in [0.3, 0.4) is 0 Å². The quantitative estimate of drug-likeness (QED) is 0.901. The Bertz CT molecular complexity index is 550. The van der Waals surface area contributed by atoms with Crippen molar-refractivity contribution in [2.75, 3.05) is 0 Å². The summed E-state index contributed by atoms with van der Waals surface area (Å²) in [4.78, 5) is 10.7. The second kappa shape index (κ2) is 5.69. The van der Waals surface area contributed by atoms with Gasteiger partial charge in [0.05, 0.1) is 0 Å². The number of aliphatic carboxylic acids is 1. The predicted molar refractivity (Wildman–Crippen MR) is 72.8 cm³/mol. The topological polar surface area (TPSA) is 37.3 Å². The molecule has 0 atom stereocenters. The summed E-state index contributed by atoms with van der Waals surface area (Å²) in [6.07, 6.45) is 0.598. The van der Waals surface area contributed by atoms with Crippen LogP contribution >= 0.6 is 11.6 Å². The maximum absolute atomic E-state index is 10.7. The van der Waals surface area contributed by atoms with E-state index in [0.29, 0.717) is 11.4 Å². The molecule has 2 rings (SSSR count). The number of hydrogen-bond donors (Lipinski definition) is 1. The van der Waals surface area contributed by atoms with Crippen LogP contribution in [0.2, 0.25) is 5.02 Å². The molecule has 0 bridgehead atoms. The van der Waals surface area contributed by atoms with Gasteiger partial charge in [-0.05, 0) is 35.2 Å². The van der Waals surface area contributed by atoms with Crippen molar-refractivity contribution < 1.29 is 9.90 Å². The summed E-state index contributed by atoms with van der Waals surface area (Å²) in [5.41, 5.74) is 3.09. The molecule has 0 unspecified atom stereocenters. The molecule has 1 N–H and O–H groups in total. The van der Waals surface area contributed by atoms with E-state index >= 15 is 0 Å². The first kappa shape index (κ1) is 12.7. The molecule has 0 aliphatic rings. The molecule has 2 aromatic carbocycles. The second-order valence-electron chi connectivity index (χ2n) is 4.06. The van der Waals surface area contributed by atoms with E-state index in [2.05, 4.69) is 0 Å². The Morgan fingerprint density at radius 3 is 2.50 bits per heavy atom. The van der Waals surface area contributed by atoms with Gasteiger partial charge in [-0.2, -0.15) is 0 Å². The molecule has 0 saturated heterocycles. The number of halogens is 1. The van der Waals surface area contributed by atoms with E-state index in [9.17, 15) is 4.79 Å². The summed E-state index contributed by atoms with van der Waals surface area (Å²) in [5.74, 6) is -0.797. The van der Waals surface area contributed by atoms with E-state index in [4.69, 9.17) is 16.7 Å². The van der Waals surface area contributed by atoms with Crippen LogP contribution in [0.1, 0.15) is 12.0 Å². The number of carbonyl (C=O) groups is 1. The molecule has 18 heavy (non-hydrogen) atoms. The maximum atomic E-state index is 10.7. The minimum atomic E-state index is -0.797. The summed E-state index contributed by atoms with van der Waals surface area (Å²) in [7, 11) is 0. The van der Waals surface area contributed by atoms with Gasteiger partial charge in [-0.1, -0.05) is 48.0 Å². The molecule has 92 valence electrons. The van der Waals surface area contributed by atoms with Crippen molar-refractivity contribution in [2.24, 2.45) is 0 Å². The highest BCUT2D eigenvalue weighted by Gasteiger charge is 2.07. The highest BCUT2D eigenvalue weighted by Crippen LogP contribution is 2.27. The van der Waals surface area contributed by atoms with Gasteiger partial charge in [-0.25, -0.2) is 0 Å². The fraction of sp³-hybridized carbons (Fsp3) is 0.133. The number of hydrogen-bond acceptors (Lipinski definition) is 1. The van der Waals surface area contributed by atoms with Crippen molar-refractivity contribution in [3.05, 3.63) is 59.1 Å². The Morgan fingerprint density at radius 1 is 1.11 bits per heavy atom. The highest BCUT2D eigenvalue weighted by molar-refractivity contribution is 6.30. The van der Waals surface area contributed by atoms with Gasteiger partial charge in [-0.15, -0.1) is 0 Å². The molecule has 0 radical (unpaired) electrons. The summed E-state index contributed by atoms with van der Waals surface area (Å²) in [5, 5.41) is 9.41. The van der Waals surface area contributed by atoms with Crippen LogP contribution in [0.25, 0.3) is 11.1 Å². The molecule has 0 saturated carbocycles. The predicted octanol–water partition coefficient (Wildman–Crippen LogP) is 4.02. The van der Waals surface area contributed by atoms with Crippen LogP contribution in [-0.2, 0) is 11.2 Å². The lowest BCUT2D eigenvalue weighted by atomic mass is 9.97. The second-order valence-corrected chi connectivity index (χ2v) is 4.50. The summed E-state index contributed by atoms with van der Waals surface area (Å²) in [6.45, 7) is 0. The molecule has 0 aliphatic heterocycles. The zero-order valence-electron chi connectivity index (χ0n) is 9.77. The van der Waals surface area contributed by atoms with E-state index in [1.807, 2.05) is 48.5 Å². The number of aryl methyl sites for hydroxylation is 1. The zero-order valence-corrected chi connectivity index (χ0v) is 10.5. The molecule has 0 amide bonds. The lowest BCUT2D eigenvalue weighted by molar-refractivity contribution is -0.136. The van der Waals surface area contributed by atoms with Gasteiger partial charge in [0.1, 0.15) is 0 Å². The van der Waals surface area contributed by atoms with E-state index in [1.165, 1.54) is 0 Å². The first-order chi connectivity index (χ1) is 8.66. The minimum Gasteiger partial charge on any atom is -0.481 e. The van der Waals surface area contributed by atoms with Crippen molar-refractivity contribution in [3.8, 4) is 11.1 Å². The third-order valence-corrected chi connectivity index (χ3v) is 3.00. The molecule has 2 nitrogen and oxygen atoms in total. The first-order valence-corrected chi connectivity index (χ1v) is 6.10. The molecule has 2 aromatic rings. The molecule has 0 fully saturated rings. The lowest BCUT2D eigenvalue weighted by Crippen LogP contribution is -1.99. The molecule has 0 aliphatic carbocycles. The fourth-order valence-electron chi connectivity index (χ4n) is 1.91. The van der Waals surface area contributed by atoms with Gasteiger partial charge >= 0.3 is 5.97 Å². The standard InChI is InChI=1S/C15H13ClO2/c16-13-7-8-14(11-4-2-1-3-5-11)12(10-13)6-9-15(17)18/h1-5,7-8,10H,6,9H2,(H,17,18). The van der Waals surface area contributed by atoms with E-state index in [-0.39, 0.29) is 6.42 Å². The van der Waals surface area contributed by atoms with Crippen molar-refractivity contribution in [3.63, 3.8) is 0 Å². The monoisotopic (exact) mass is 260 g/mol. The van der Waals surface area contributed by atoms with Gasteiger partial charge in [0, 0.05) is 11.4 Å². The van der Waals surface area contributed by atoms with Gasteiger partial charge in [0.15, 0.2) is 0 Å². The molecular weight excluding hydrogens is 248 g/mol. The summed E-state index contributed by atoms with van der Waals surface area (Å²) >= 11 is 5.97. The van der Waals surface area contributed by atoms with Gasteiger partial charge in [0.2, 0.25) is 0 Å². The fourth-order valence-corrected chi connectivity index (χ4v) is 2.10. The van der Waals surface area contributed by atoms with Crippen LogP contribution in [0.5, 0.6) is 0 Å². The van der Waals surface area contributed by atoms with Crippen molar-refractivity contribution in [1.82, 2.24) is 0 Å². The Hall–Kier alpha value is -1.80. The Labute approximate surface area is 111 Å². The molecule has 0 aromatic heterocycles. The third-order valence-electron chi connectivity index (χ3n) is 2.76. The number of benzene rings is 2. The molecular formula is C15H13ClO2. The summed E-state index contributed by atoms with van der Waals surface area (Å²) < 4.78 is 0. The Kier molecular flexibility index (Phi) is 4.00. The van der Waals surface area contributed by atoms with Gasteiger partial charge < -0.3 is 5.11 Å². The normalized spacial score (nSPS) is 10.3. The van der Waals surface area contributed by atoms with E-state index in [1.54, 1.807) is 0 Å². The highest BCUT2D eigenvalue weighted by atomic mass is 35.5. The number of rotatable bonds is 4. The third kappa shape index (κ3) is 3.11. The van der Waals surface area contributed by atoms with Crippen molar-refractivity contribution >= 4 is 17.6 Å². The molecule has 0 heterocycles. The van der Waals surface area contributed by atoms with Gasteiger partial charge in [-0.3, -0.25) is 4.79 Å². The lowest BCUT2D eigenvalue weighted by Gasteiger charge is -2.09. The summed E-state index contributed by atoms with van der Waals surface area (Å²) in [6, 6.07) is 15.5. The van der Waals surface area contributed by atoms with E-state index in [0.717, 1.165) is 16.7 Å². The van der Waals surface area contributed by atoms with Crippen LogP contribution in [0.4, 0.5) is 0 Å². The number of carboxylic acids is 1. The van der Waals surface area contributed by atoms with Crippen LogP contribution < -0.4 is 0 Å². The van der Waals surface area contributed by atoms with Crippen LogP contribution in [0, 0.1) is 0 Å². The average Bonchev–Trinajstić information content (AvgIpc) is 2.37. The smallest absolute Gasteiger partial charge is 0.303 e. The Morgan fingerprint density at radius 2 is 1.83 bits per heavy atom. The zero-order chi connectivity index (χ0) is 13.0. The maximum Gasteiger partial charge on any atom is 0.303 e. The SMILES string of the molecule is O=C(O)CCc1cc(Cl)ccc1-c1ccccc1. The average molecular weight is 261 g/mol. The minimum absolute atomic E-state index is 0.111. The first-order valence-electron chi connectivity index (χ1n) is 5.72. The Balaban J connectivity index is 2.37. The van der Waals surface area contributed by atoms with Crippen molar-refractivity contribution in [1.29, 1.82) is 0 Å². The van der Waals surface area contributed by atoms with Crippen LogP contribution in [-0.4, -0.2) is 11.1 Å². The molecule has 0 spiro atoms. The van der Waals surface area contributed by atoms with Crippen LogP contribution in [0.15, 0.2) is 48.5 Å². The van der Waals surface area contributed by atoms with E-state index < -0.39 is 5.97 Å². The number of carboxylic acid groups (broad SMARTS) is 1. The molecule has 3 heteroatoms. The largest absolute Gasteiger partial charge is 0.481 e. The van der Waals surface area contributed by atoms with Gasteiger partial charge in [0.25, 0.3) is 0 Å².